The quantitative estimate of drug-likeness (QED) is 0.600. The van der Waals surface area contributed by atoms with Gasteiger partial charge in [-0.05, 0) is 61.7 Å². The first-order chi connectivity index (χ1) is 14.9. The molecular weight excluding hydrogens is 382 g/mol. The molecule has 2 aromatic carbocycles. The Morgan fingerprint density at radius 1 is 1.13 bits per heavy atom. The maximum absolute atomic E-state index is 13.7. The van der Waals surface area contributed by atoms with E-state index in [1.807, 2.05) is 62.3 Å². The minimum atomic E-state index is 0.0656. The first-order valence-corrected chi connectivity index (χ1v) is 10.9. The Kier molecular flexibility index (Phi) is 5.73. The van der Waals surface area contributed by atoms with Gasteiger partial charge in [-0.15, -0.1) is 0 Å². The molecule has 0 N–H and O–H groups in total. The molecule has 1 fully saturated rings. The lowest BCUT2D eigenvalue weighted by molar-refractivity contribution is -0.115. The van der Waals surface area contributed by atoms with Crippen LogP contribution in [0.1, 0.15) is 25.8 Å². The van der Waals surface area contributed by atoms with Crippen molar-refractivity contribution in [2.75, 3.05) is 37.0 Å². The van der Waals surface area contributed by atoms with Gasteiger partial charge in [0.2, 0.25) is 0 Å². The van der Waals surface area contributed by atoms with Crippen LogP contribution in [0.2, 0.25) is 0 Å². The van der Waals surface area contributed by atoms with E-state index in [4.69, 9.17) is 0 Å². The predicted molar refractivity (Wildman–Crippen MR) is 130 cm³/mol. The molecular formula is C27H31N3O. The van der Waals surface area contributed by atoms with Gasteiger partial charge < -0.3 is 14.7 Å². The van der Waals surface area contributed by atoms with Crippen LogP contribution in [0.15, 0.2) is 83.7 Å². The van der Waals surface area contributed by atoms with Crippen molar-refractivity contribution in [1.82, 2.24) is 4.90 Å². The number of anilines is 2. The van der Waals surface area contributed by atoms with Crippen molar-refractivity contribution >= 4 is 23.4 Å². The third-order valence-corrected chi connectivity index (χ3v) is 6.04. The average molecular weight is 414 g/mol. The number of amides is 1. The fourth-order valence-corrected chi connectivity index (χ4v) is 4.47. The Labute approximate surface area is 185 Å². The van der Waals surface area contributed by atoms with E-state index in [9.17, 15) is 4.79 Å². The second-order valence-corrected chi connectivity index (χ2v) is 8.55. The standard InChI is InChI=1S/C27H31N3O/c1-6-29(19(2)3)23-14-12-20(13-15-23)16-25-26(28(4)5)24-17-21(24)18-30(27(25)31)22-10-8-7-9-11-22/h7-16,21H,2,6,17-18H2,1,3-5H3/b25-16+. The summed E-state index contributed by atoms with van der Waals surface area (Å²) < 4.78 is 0. The summed E-state index contributed by atoms with van der Waals surface area (Å²) in [7, 11) is 4.07. The minimum absolute atomic E-state index is 0.0656. The number of likely N-dealkylation sites (N-methyl/N-ethyl adjacent to an activating group) is 1. The second kappa shape index (κ2) is 8.46. The van der Waals surface area contributed by atoms with E-state index in [-0.39, 0.29) is 5.91 Å². The van der Waals surface area contributed by atoms with Crippen molar-refractivity contribution < 1.29 is 4.79 Å². The largest absolute Gasteiger partial charge is 0.377 e. The predicted octanol–water partition coefficient (Wildman–Crippen LogP) is 5.31. The topological polar surface area (TPSA) is 26.8 Å². The van der Waals surface area contributed by atoms with Gasteiger partial charge in [0.15, 0.2) is 0 Å². The molecule has 4 heteroatoms. The Hall–Kier alpha value is -3.27. The van der Waals surface area contributed by atoms with Crippen molar-refractivity contribution in [1.29, 1.82) is 0 Å². The van der Waals surface area contributed by atoms with E-state index < -0.39 is 0 Å². The molecule has 1 saturated carbocycles. The Morgan fingerprint density at radius 2 is 1.81 bits per heavy atom. The summed E-state index contributed by atoms with van der Waals surface area (Å²) in [5, 5.41) is 0. The maximum atomic E-state index is 13.7. The second-order valence-electron chi connectivity index (χ2n) is 8.55. The Morgan fingerprint density at radius 3 is 2.39 bits per heavy atom. The Bertz CT molecular complexity index is 1050. The lowest BCUT2D eigenvalue weighted by atomic mass is 10.0. The van der Waals surface area contributed by atoms with E-state index in [1.54, 1.807) is 0 Å². The molecule has 1 amide bonds. The molecule has 160 valence electrons. The summed E-state index contributed by atoms with van der Waals surface area (Å²) >= 11 is 0. The maximum Gasteiger partial charge on any atom is 0.260 e. The number of allylic oxidation sites excluding steroid dienone is 1. The van der Waals surface area contributed by atoms with Crippen LogP contribution in [0.5, 0.6) is 0 Å². The molecule has 1 atom stereocenters. The van der Waals surface area contributed by atoms with Gasteiger partial charge in [-0.1, -0.05) is 36.9 Å². The van der Waals surface area contributed by atoms with Crippen LogP contribution >= 0.6 is 0 Å². The fourth-order valence-electron chi connectivity index (χ4n) is 4.47. The first kappa shape index (κ1) is 21.0. The number of carbonyl (C=O) groups excluding carboxylic acids is 1. The number of benzene rings is 2. The zero-order chi connectivity index (χ0) is 22.1. The van der Waals surface area contributed by atoms with E-state index in [2.05, 4.69) is 47.6 Å². The summed E-state index contributed by atoms with van der Waals surface area (Å²) in [6, 6.07) is 18.4. The molecule has 2 aromatic rings. The summed E-state index contributed by atoms with van der Waals surface area (Å²) in [4.78, 5) is 19.9. The third-order valence-electron chi connectivity index (χ3n) is 6.04. The van der Waals surface area contributed by atoms with Crippen LogP contribution in [-0.4, -0.2) is 38.0 Å². The monoisotopic (exact) mass is 413 g/mol. The molecule has 0 spiro atoms. The van der Waals surface area contributed by atoms with Gasteiger partial charge in [0.05, 0.1) is 5.57 Å². The molecule has 0 saturated heterocycles. The van der Waals surface area contributed by atoms with Crippen molar-refractivity contribution in [2.45, 2.75) is 20.3 Å². The van der Waals surface area contributed by atoms with Gasteiger partial charge in [-0.3, -0.25) is 4.79 Å². The molecule has 31 heavy (non-hydrogen) atoms. The van der Waals surface area contributed by atoms with Gasteiger partial charge in [0.1, 0.15) is 0 Å². The minimum Gasteiger partial charge on any atom is -0.377 e. The van der Waals surface area contributed by atoms with Crippen LogP contribution < -0.4 is 9.80 Å². The summed E-state index contributed by atoms with van der Waals surface area (Å²) in [5.74, 6) is 0.513. The SMILES string of the molecule is C=C(C)N(CC)c1ccc(/C=C2/C(=O)N(c3ccccc3)CC3CC3=C2N(C)C)cc1. The summed E-state index contributed by atoms with van der Waals surface area (Å²) in [6.45, 7) is 9.83. The normalized spacial score (nSPS) is 19.2. The van der Waals surface area contributed by atoms with E-state index in [0.29, 0.717) is 5.92 Å². The highest BCUT2D eigenvalue weighted by Gasteiger charge is 2.42. The van der Waals surface area contributed by atoms with Crippen molar-refractivity contribution in [2.24, 2.45) is 5.92 Å². The highest BCUT2D eigenvalue weighted by atomic mass is 16.2. The van der Waals surface area contributed by atoms with Crippen molar-refractivity contribution in [3.63, 3.8) is 0 Å². The van der Waals surface area contributed by atoms with Gasteiger partial charge >= 0.3 is 0 Å². The lowest BCUT2D eigenvalue weighted by Gasteiger charge is -2.25. The van der Waals surface area contributed by atoms with Gasteiger partial charge in [0, 0.05) is 55.9 Å². The third kappa shape index (κ3) is 4.15. The first-order valence-electron chi connectivity index (χ1n) is 10.9. The molecule has 0 radical (unpaired) electrons. The van der Waals surface area contributed by atoms with Crippen LogP contribution in [0.25, 0.3) is 6.08 Å². The zero-order valence-electron chi connectivity index (χ0n) is 18.9. The number of hydrogen-bond donors (Lipinski definition) is 0. The van der Waals surface area contributed by atoms with Gasteiger partial charge in [-0.25, -0.2) is 0 Å². The number of carbonyl (C=O) groups is 1. The molecule has 0 aromatic heterocycles. The Balaban J connectivity index is 1.74. The molecule has 1 heterocycles. The van der Waals surface area contributed by atoms with Crippen LogP contribution in [0.3, 0.4) is 0 Å². The zero-order valence-corrected chi connectivity index (χ0v) is 18.9. The van der Waals surface area contributed by atoms with E-state index >= 15 is 0 Å². The number of fused-ring (bicyclic) bond motifs is 1. The van der Waals surface area contributed by atoms with Crippen molar-refractivity contribution in [3.05, 3.63) is 89.3 Å². The molecule has 2 aliphatic rings. The lowest BCUT2D eigenvalue weighted by Crippen LogP contribution is -2.34. The van der Waals surface area contributed by atoms with Crippen molar-refractivity contribution in [3.8, 4) is 0 Å². The van der Waals surface area contributed by atoms with Gasteiger partial charge in [-0.2, -0.15) is 0 Å². The summed E-state index contributed by atoms with van der Waals surface area (Å²) in [6.07, 6.45) is 3.10. The highest BCUT2D eigenvalue weighted by Crippen LogP contribution is 2.47. The molecule has 4 nitrogen and oxygen atoms in total. The number of nitrogens with zero attached hydrogens (tertiary/aromatic N) is 3. The van der Waals surface area contributed by atoms with E-state index in [0.717, 1.165) is 53.4 Å². The molecule has 4 rings (SSSR count). The number of rotatable bonds is 6. The highest BCUT2D eigenvalue weighted by molar-refractivity contribution is 6.12. The molecule has 1 aliphatic carbocycles. The smallest absolute Gasteiger partial charge is 0.260 e. The van der Waals surface area contributed by atoms with Crippen LogP contribution in [-0.2, 0) is 4.79 Å². The van der Waals surface area contributed by atoms with Gasteiger partial charge in [0.25, 0.3) is 5.91 Å². The number of hydrogen-bond acceptors (Lipinski definition) is 3. The molecule has 1 unspecified atom stereocenters. The summed E-state index contributed by atoms with van der Waals surface area (Å²) in [5.41, 5.74) is 7.35. The number of para-hydroxylation sites is 1. The van der Waals surface area contributed by atoms with E-state index in [1.165, 1.54) is 5.57 Å². The van der Waals surface area contributed by atoms with Crippen LogP contribution in [0, 0.1) is 5.92 Å². The average Bonchev–Trinajstić information content (AvgIpc) is 3.52. The fraction of sp³-hybridized carbons (Fsp3) is 0.296. The molecule has 0 bridgehead atoms. The molecule has 1 aliphatic heterocycles. The van der Waals surface area contributed by atoms with Crippen LogP contribution in [0.4, 0.5) is 11.4 Å².